The lowest BCUT2D eigenvalue weighted by atomic mass is 10.2. The van der Waals surface area contributed by atoms with Gasteiger partial charge in [-0.1, -0.05) is 13.3 Å². The Morgan fingerprint density at radius 3 is 2.68 bits per heavy atom. The van der Waals surface area contributed by atoms with E-state index in [0.29, 0.717) is 17.9 Å². The van der Waals surface area contributed by atoms with E-state index in [0.717, 1.165) is 12.8 Å². The van der Waals surface area contributed by atoms with Gasteiger partial charge >= 0.3 is 12.0 Å². The van der Waals surface area contributed by atoms with Gasteiger partial charge in [0, 0.05) is 13.6 Å². The minimum Gasteiger partial charge on any atom is -0.481 e. The van der Waals surface area contributed by atoms with Crippen molar-refractivity contribution in [1.82, 2.24) is 9.88 Å². The number of carbonyl (C=O) groups is 2. The zero-order valence-corrected chi connectivity index (χ0v) is 11.2. The molecule has 19 heavy (non-hydrogen) atoms. The van der Waals surface area contributed by atoms with Crippen LogP contribution in [0, 0.1) is 0 Å². The molecule has 0 fully saturated rings. The highest BCUT2D eigenvalue weighted by Crippen LogP contribution is 2.08. The van der Waals surface area contributed by atoms with Crippen LogP contribution in [0.2, 0.25) is 0 Å². The summed E-state index contributed by atoms with van der Waals surface area (Å²) in [5, 5.41) is 11.3. The molecule has 0 aliphatic carbocycles. The number of carboxylic acids is 1. The number of carboxylic acid groups (broad SMARTS) is 1. The monoisotopic (exact) mass is 265 g/mol. The van der Waals surface area contributed by atoms with E-state index in [1.54, 1.807) is 24.1 Å². The molecule has 6 heteroatoms. The molecule has 0 aromatic carbocycles. The van der Waals surface area contributed by atoms with E-state index in [9.17, 15) is 9.59 Å². The summed E-state index contributed by atoms with van der Waals surface area (Å²) < 4.78 is 0. The summed E-state index contributed by atoms with van der Waals surface area (Å²) in [7, 11) is 1.73. The van der Waals surface area contributed by atoms with E-state index in [-0.39, 0.29) is 12.5 Å². The van der Waals surface area contributed by atoms with Crippen molar-refractivity contribution in [2.24, 2.45) is 0 Å². The summed E-state index contributed by atoms with van der Waals surface area (Å²) in [5.41, 5.74) is 1.02. The number of hydrogen-bond donors (Lipinski definition) is 2. The SMILES string of the molecule is CCCCN(C)C(=O)Nc1ccc(CC(=O)O)nc1. The molecular weight excluding hydrogens is 246 g/mol. The number of nitrogens with zero attached hydrogens (tertiary/aromatic N) is 2. The van der Waals surface area contributed by atoms with E-state index >= 15 is 0 Å². The highest BCUT2D eigenvalue weighted by Gasteiger charge is 2.08. The molecule has 0 saturated heterocycles. The molecule has 0 saturated carbocycles. The Bertz CT molecular complexity index is 431. The van der Waals surface area contributed by atoms with E-state index < -0.39 is 5.97 Å². The molecule has 0 atom stereocenters. The van der Waals surface area contributed by atoms with Gasteiger partial charge in [-0.05, 0) is 18.6 Å². The summed E-state index contributed by atoms with van der Waals surface area (Å²) in [6.07, 6.45) is 3.33. The van der Waals surface area contributed by atoms with E-state index in [1.165, 1.54) is 6.20 Å². The lowest BCUT2D eigenvalue weighted by Gasteiger charge is -2.17. The molecule has 6 nitrogen and oxygen atoms in total. The summed E-state index contributed by atoms with van der Waals surface area (Å²) in [6, 6.07) is 3.05. The number of unbranched alkanes of at least 4 members (excludes halogenated alkanes) is 1. The minimum absolute atomic E-state index is 0.120. The van der Waals surface area contributed by atoms with Gasteiger partial charge in [0.05, 0.1) is 24.0 Å². The van der Waals surface area contributed by atoms with Gasteiger partial charge in [0.2, 0.25) is 0 Å². The molecule has 1 rings (SSSR count). The Morgan fingerprint density at radius 1 is 1.42 bits per heavy atom. The van der Waals surface area contributed by atoms with Gasteiger partial charge in [-0.2, -0.15) is 0 Å². The van der Waals surface area contributed by atoms with Crippen molar-refractivity contribution in [3.63, 3.8) is 0 Å². The molecule has 2 amide bonds. The highest BCUT2D eigenvalue weighted by atomic mass is 16.4. The first-order valence-corrected chi connectivity index (χ1v) is 6.21. The predicted molar refractivity (Wildman–Crippen MR) is 72.1 cm³/mol. The van der Waals surface area contributed by atoms with Crippen molar-refractivity contribution in [2.45, 2.75) is 26.2 Å². The number of pyridine rings is 1. The first-order chi connectivity index (χ1) is 9.02. The fourth-order valence-electron chi connectivity index (χ4n) is 1.47. The standard InChI is InChI=1S/C13H19N3O3/c1-3-4-7-16(2)13(19)15-11-6-5-10(14-9-11)8-12(17)18/h5-6,9H,3-4,7-8H2,1-2H3,(H,15,19)(H,17,18). The van der Waals surface area contributed by atoms with Crippen LogP contribution < -0.4 is 5.32 Å². The summed E-state index contributed by atoms with van der Waals surface area (Å²) in [5.74, 6) is -0.927. The normalized spacial score (nSPS) is 10.0. The summed E-state index contributed by atoms with van der Waals surface area (Å²) >= 11 is 0. The van der Waals surface area contributed by atoms with Gasteiger partial charge < -0.3 is 15.3 Å². The van der Waals surface area contributed by atoms with Crippen molar-refractivity contribution in [1.29, 1.82) is 0 Å². The van der Waals surface area contributed by atoms with Crippen LogP contribution in [0.5, 0.6) is 0 Å². The molecule has 104 valence electrons. The predicted octanol–water partition coefficient (Wildman–Crippen LogP) is 1.97. The number of nitrogens with one attached hydrogen (secondary N) is 1. The first-order valence-electron chi connectivity index (χ1n) is 6.21. The maximum Gasteiger partial charge on any atom is 0.321 e. The number of carbonyl (C=O) groups excluding carboxylic acids is 1. The van der Waals surface area contributed by atoms with Gasteiger partial charge in [-0.15, -0.1) is 0 Å². The molecule has 0 unspecified atom stereocenters. The van der Waals surface area contributed by atoms with Crippen LogP contribution in [-0.2, 0) is 11.2 Å². The zero-order valence-electron chi connectivity index (χ0n) is 11.2. The second kappa shape index (κ2) is 7.35. The van der Waals surface area contributed by atoms with Crippen molar-refractivity contribution in [3.05, 3.63) is 24.0 Å². The van der Waals surface area contributed by atoms with Gasteiger partial charge in [-0.3, -0.25) is 9.78 Å². The number of amides is 2. The molecule has 0 bridgehead atoms. The number of aromatic nitrogens is 1. The van der Waals surface area contributed by atoms with Crippen LogP contribution in [0.25, 0.3) is 0 Å². The second-order valence-electron chi connectivity index (χ2n) is 4.31. The number of anilines is 1. The zero-order chi connectivity index (χ0) is 14.3. The third-order valence-corrected chi connectivity index (χ3v) is 2.60. The molecule has 1 aromatic rings. The Labute approximate surface area is 112 Å². The molecule has 0 spiro atoms. The Morgan fingerprint density at radius 2 is 2.16 bits per heavy atom. The Kier molecular flexibility index (Phi) is 5.78. The highest BCUT2D eigenvalue weighted by molar-refractivity contribution is 5.88. The summed E-state index contributed by atoms with van der Waals surface area (Å²) in [4.78, 5) is 27.9. The fourth-order valence-corrected chi connectivity index (χ4v) is 1.47. The molecular formula is C13H19N3O3. The van der Waals surface area contributed by atoms with Crippen molar-refractivity contribution < 1.29 is 14.7 Å². The smallest absolute Gasteiger partial charge is 0.321 e. The lowest BCUT2D eigenvalue weighted by molar-refractivity contribution is -0.136. The molecule has 0 aliphatic rings. The van der Waals surface area contributed by atoms with Crippen molar-refractivity contribution >= 4 is 17.7 Å². The van der Waals surface area contributed by atoms with Crippen LogP contribution >= 0.6 is 0 Å². The molecule has 0 aliphatic heterocycles. The Hall–Kier alpha value is -2.11. The topological polar surface area (TPSA) is 82.5 Å². The van der Waals surface area contributed by atoms with Crippen LogP contribution in [-0.4, -0.2) is 40.6 Å². The van der Waals surface area contributed by atoms with Crippen molar-refractivity contribution in [3.8, 4) is 0 Å². The average Bonchev–Trinajstić information content (AvgIpc) is 2.37. The molecule has 1 aromatic heterocycles. The van der Waals surface area contributed by atoms with Crippen molar-refractivity contribution in [2.75, 3.05) is 18.9 Å². The first kappa shape index (κ1) is 14.9. The van der Waals surface area contributed by atoms with Crippen LogP contribution in [0.15, 0.2) is 18.3 Å². The second-order valence-corrected chi connectivity index (χ2v) is 4.31. The maximum atomic E-state index is 11.8. The fraction of sp³-hybridized carbons (Fsp3) is 0.462. The van der Waals surface area contributed by atoms with Gasteiger partial charge in [0.1, 0.15) is 0 Å². The van der Waals surface area contributed by atoms with Gasteiger partial charge in [0.15, 0.2) is 0 Å². The number of hydrogen-bond acceptors (Lipinski definition) is 3. The largest absolute Gasteiger partial charge is 0.481 e. The van der Waals surface area contributed by atoms with Crippen LogP contribution in [0.3, 0.4) is 0 Å². The average molecular weight is 265 g/mol. The number of rotatable bonds is 6. The minimum atomic E-state index is -0.927. The number of aliphatic carboxylic acids is 1. The third kappa shape index (κ3) is 5.37. The maximum absolute atomic E-state index is 11.8. The van der Waals surface area contributed by atoms with E-state index in [1.807, 2.05) is 0 Å². The number of urea groups is 1. The molecule has 0 radical (unpaired) electrons. The van der Waals surface area contributed by atoms with E-state index in [2.05, 4.69) is 17.2 Å². The van der Waals surface area contributed by atoms with Gasteiger partial charge in [0.25, 0.3) is 0 Å². The van der Waals surface area contributed by atoms with Crippen LogP contribution in [0.1, 0.15) is 25.5 Å². The third-order valence-electron chi connectivity index (χ3n) is 2.60. The van der Waals surface area contributed by atoms with Gasteiger partial charge in [-0.25, -0.2) is 4.79 Å². The molecule has 1 heterocycles. The van der Waals surface area contributed by atoms with Crippen LogP contribution in [0.4, 0.5) is 10.5 Å². The lowest BCUT2D eigenvalue weighted by Crippen LogP contribution is -2.32. The quantitative estimate of drug-likeness (QED) is 0.823. The van der Waals surface area contributed by atoms with E-state index in [4.69, 9.17) is 5.11 Å². The Balaban J connectivity index is 2.52. The molecule has 2 N–H and O–H groups in total. The summed E-state index contributed by atoms with van der Waals surface area (Å²) in [6.45, 7) is 2.77.